The molecular weight excluding hydrogens is 1340 g/mol. The van der Waals surface area contributed by atoms with Gasteiger partial charge in [-0.3, -0.25) is 0 Å². The van der Waals surface area contributed by atoms with E-state index < -0.39 is 0 Å². The Morgan fingerprint density at radius 3 is 0.660 bits per heavy atom. The lowest BCUT2D eigenvalue weighted by Crippen LogP contribution is -2.51. The highest BCUT2D eigenvalue weighted by atomic mass is 16.6. The van der Waals surface area contributed by atoms with Gasteiger partial charge in [0.15, 0.2) is 0 Å². The van der Waals surface area contributed by atoms with Gasteiger partial charge in [0.05, 0.1) is 140 Å². The molecule has 106 heavy (non-hydrogen) atoms. The molecule has 0 aliphatic heterocycles. The number of hydrogen-bond acceptors (Lipinski definition) is 14. The Labute approximate surface area is 651 Å². The van der Waals surface area contributed by atoms with Gasteiger partial charge < -0.3 is 64.5 Å². The summed E-state index contributed by atoms with van der Waals surface area (Å²) in [6.45, 7) is 87.4. The van der Waals surface area contributed by atoms with Gasteiger partial charge in [-0.2, -0.15) is 0 Å². The van der Waals surface area contributed by atoms with Crippen molar-refractivity contribution in [2.45, 2.75) is 197 Å². The van der Waals surface area contributed by atoms with Crippen LogP contribution < -0.4 is 0 Å². The van der Waals surface area contributed by atoms with Crippen LogP contribution in [-0.4, -0.2) is 306 Å². The summed E-state index contributed by atoms with van der Waals surface area (Å²) in [4.78, 5) is 77.6. The van der Waals surface area contributed by atoms with Crippen molar-refractivity contribution in [3.63, 3.8) is 0 Å². The molecule has 0 spiro atoms. The standard InChI is InChI=1S/C15H30NO2.2C14H28NO2.2C12H24NO2.2C9H18NO2/c1-6-9-11-16(8-3,10-7-2)12-13-18-15(17)14(4)5;1-6-9-15(8-3,10-7-2)11-12-17-14(16)13(4)5;1-5-9-11-15(8-4,10-6-2)12-13-17-14(16)7-3;1-6-13(7-2,8-3)9-10-15-12(14)11(4)5;1-5-9-12(14)15-11-10-13(6-2,7-3)8-4;1-8(2)9(11)12-7-6-10(3,4)5;1-5-6-9(11)12-8-7-10(2,3)4/h4,6-13H2,1-3,5H3;4,6-12H2,1-3,5H3;7H,3,5-6,8-13H2,1-2,4H3;4,6-10H2,1-3,5H3;5,9H,6-8,10-11H2,1-4H3;1,6-7H2,2-5H3;5-6H,7-8H2,1-4H3/q7*+1/b;;;;9-5+;;6-5+. The first-order chi connectivity index (χ1) is 49.6. The number of esters is 7. The smallest absolute Gasteiger partial charge is 0.333 e. The van der Waals surface area contributed by atoms with Crippen LogP contribution in [0.4, 0.5) is 0 Å². The van der Waals surface area contributed by atoms with E-state index in [1.54, 1.807) is 46.8 Å². The topological polar surface area (TPSA) is 184 Å². The van der Waals surface area contributed by atoms with E-state index in [-0.39, 0.29) is 41.8 Å². The molecule has 622 valence electrons. The molecule has 2 unspecified atom stereocenters. The van der Waals surface area contributed by atoms with Gasteiger partial charge >= 0.3 is 41.8 Å². The fourth-order valence-corrected chi connectivity index (χ4v) is 11.0. The van der Waals surface area contributed by atoms with Gasteiger partial charge in [-0.25, -0.2) is 33.6 Å². The Hall–Kier alpha value is -5.81. The van der Waals surface area contributed by atoms with Gasteiger partial charge in [0.2, 0.25) is 0 Å². The molecule has 0 saturated heterocycles. The summed E-state index contributed by atoms with van der Waals surface area (Å²) in [5, 5.41) is 0. The highest BCUT2D eigenvalue weighted by molar-refractivity contribution is 5.88. The van der Waals surface area contributed by atoms with Crippen LogP contribution in [0.1, 0.15) is 197 Å². The van der Waals surface area contributed by atoms with Crippen LogP contribution in [0.5, 0.6) is 0 Å². The molecule has 0 aromatic carbocycles. The number of carbonyl (C=O) groups excluding carboxylic acids is 7. The van der Waals surface area contributed by atoms with Crippen LogP contribution in [0.25, 0.3) is 0 Å². The van der Waals surface area contributed by atoms with Gasteiger partial charge in [0.1, 0.15) is 92.1 Å². The van der Waals surface area contributed by atoms with Gasteiger partial charge in [0, 0.05) is 40.5 Å². The van der Waals surface area contributed by atoms with Crippen molar-refractivity contribution in [2.24, 2.45) is 0 Å². The highest BCUT2D eigenvalue weighted by Crippen LogP contribution is 2.15. The van der Waals surface area contributed by atoms with E-state index >= 15 is 0 Å². The zero-order chi connectivity index (χ0) is 83.5. The highest BCUT2D eigenvalue weighted by Gasteiger charge is 2.28. The Morgan fingerprint density at radius 1 is 0.274 bits per heavy atom. The number of carbonyl (C=O) groups is 7. The first kappa shape index (κ1) is 114. The van der Waals surface area contributed by atoms with Crippen LogP contribution in [0, 0.1) is 0 Å². The van der Waals surface area contributed by atoms with Crippen molar-refractivity contribution in [1.29, 1.82) is 0 Å². The lowest BCUT2D eigenvalue weighted by atomic mass is 10.2. The first-order valence-electron chi connectivity index (χ1n) is 40.1. The SMILES string of the molecule is C/C=C/C(=O)OCC[N+](C)(C)C.C/C=C/C(=O)OCC[N+](CC)(CC)CC.C=C(C)C(=O)OCC[N+](C)(C)C.C=C(C)C(=O)OCC[N+](CC)(CC)CC.C=C(C)C(=O)OCC[N+](CC)(CCC)CCC.C=C(C)C(=O)OCC[N+](CC)(CCC)CCCC.C=CC(=O)OCC[N+](CC)(CCC)CCCC. The second kappa shape index (κ2) is 68.5. The second-order valence-electron chi connectivity index (χ2n) is 29.6. The van der Waals surface area contributed by atoms with Crippen molar-refractivity contribution >= 4 is 41.8 Å². The van der Waals surface area contributed by atoms with Crippen molar-refractivity contribution in [1.82, 2.24) is 0 Å². The van der Waals surface area contributed by atoms with Gasteiger partial charge in [-0.15, -0.1) is 0 Å². The summed E-state index contributed by atoms with van der Waals surface area (Å²) >= 11 is 0. The number of ether oxygens (including phenoxy) is 7. The van der Waals surface area contributed by atoms with E-state index in [0.717, 1.165) is 149 Å². The summed E-state index contributed by atoms with van der Waals surface area (Å²) in [5.41, 5.74) is 1.88. The number of hydrogen-bond donors (Lipinski definition) is 0. The summed E-state index contributed by atoms with van der Waals surface area (Å²) in [6, 6.07) is 0. The molecule has 0 bridgehead atoms. The largest absolute Gasteiger partial charge is 0.457 e. The molecule has 0 N–H and O–H groups in total. The Bertz CT molecular complexity index is 2420. The number of likely N-dealkylation sites (N-methyl/N-ethyl adjacent to an activating group) is 7. The molecule has 0 saturated carbocycles. The zero-order valence-electron chi connectivity index (χ0n) is 73.9. The molecule has 0 aliphatic rings. The Morgan fingerprint density at radius 2 is 0.472 bits per heavy atom. The van der Waals surface area contributed by atoms with Crippen LogP contribution in [-0.2, 0) is 66.7 Å². The molecule has 0 heterocycles. The second-order valence-corrected chi connectivity index (χ2v) is 29.6. The molecule has 0 amide bonds. The summed E-state index contributed by atoms with van der Waals surface area (Å²) in [6.07, 6.45) is 17.1. The number of allylic oxidation sites excluding steroid dienone is 2. The van der Waals surface area contributed by atoms with Gasteiger partial charge in [-0.1, -0.05) is 99.4 Å². The van der Waals surface area contributed by atoms with Gasteiger partial charge in [0.25, 0.3) is 0 Å². The number of nitrogens with zero attached hydrogens (tertiary/aromatic N) is 7. The minimum absolute atomic E-state index is 0.237. The molecule has 21 heteroatoms. The predicted octanol–water partition coefficient (Wildman–Crippen LogP) is 14.3. The summed E-state index contributed by atoms with van der Waals surface area (Å²) < 4.78 is 42.4. The third kappa shape index (κ3) is 64.2. The minimum Gasteiger partial charge on any atom is -0.457 e. The zero-order valence-corrected chi connectivity index (χ0v) is 73.9. The predicted molar refractivity (Wildman–Crippen MR) is 442 cm³/mol. The fourth-order valence-electron chi connectivity index (χ4n) is 11.0. The molecule has 0 rings (SSSR count). The van der Waals surface area contributed by atoms with Crippen LogP contribution in [0.15, 0.2) is 85.6 Å². The maximum atomic E-state index is 11.4. The monoisotopic (exact) mass is 1510 g/mol. The van der Waals surface area contributed by atoms with E-state index in [1.165, 1.54) is 95.8 Å². The van der Waals surface area contributed by atoms with Crippen LogP contribution >= 0.6 is 0 Å². The van der Waals surface area contributed by atoms with Crippen molar-refractivity contribution in [3.05, 3.63) is 85.6 Å². The van der Waals surface area contributed by atoms with Crippen molar-refractivity contribution in [2.75, 3.05) is 233 Å². The van der Waals surface area contributed by atoms with E-state index in [2.05, 4.69) is 179 Å². The van der Waals surface area contributed by atoms with Crippen LogP contribution in [0.3, 0.4) is 0 Å². The molecule has 0 aromatic rings. The number of quaternary nitrogens is 7. The summed E-state index contributed by atoms with van der Waals surface area (Å²) in [7, 11) is 12.3. The third-order valence-corrected chi connectivity index (χ3v) is 19.0. The Kier molecular flexibility index (Phi) is 73.3. The van der Waals surface area contributed by atoms with Crippen molar-refractivity contribution in [3.8, 4) is 0 Å². The minimum atomic E-state index is -0.314. The average molecular weight is 1510 g/mol. The molecular formula is C85H170N7O14+7. The third-order valence-electron chi connectivity index (χ3n) is 19.0. The summed E-state index contributed by atoms with van der Waals surface area (Å²) in [5.74, 6) is -1.93. The Balaban J connectivity index is -0.000000217. The number of unbranched alkanes of at least 4 members (excludes halogenated alkanes) is 2. The van der Waals surface area contributed by atoms with E-state index in [0.29, 0.717) is 68.5 Å². The molecule has 0 fully saturated rings. The first-order valence-corrected chi connectivity index (χ1v) is 40.1. The quantitative estimate of drug-likeness (QED) is 0.0242. The average Bonchev–Trinajstić information content (AvgIpc) is 0.896. The lowest BCUT2D eigenvalue weighted by molar-refractivity contribution is -0.927. The fraction of sp³-hybridized carbons (Fsp3) is 0.753. The molecule has 0 aromatic heterocycles. The van der Waals surface area contributed by atoms with E-state index in [9.17, 15) is 33.6 Å². The number of rotatable bonds is 51. The normalized spacial score (nSPS) is 12.3. The van der Waals surface area contributed by atoms with E-state index in [1.807, 2.05) is 6.92 Å². The maximum Gasteiger partial charge on any atom is 0.333 e. The molecule has 0 aliphatic carbocycles. The molecule has 2 atom stereocenters. The van der Waals surface area contributed by atoms with Crippen LogP contribution in [0.2, 0.25) is 0 Å². The van der Waals surface area contributed by atoms with Crippen molar-refractivity contribution < 1.29 is 98.1 Å². The molecule has 0 radical (unpaired) electrons. The lowest BCUT2D eigenvalue weighted by Gasteiger charge is -2.37. The maximum absolute atomic E-state index is 11.4. The van der Waals surface area contributed by atoms with E-state index in [4.69, 9.17) is 33.2 Å². The van der Waals surface area contributed by atoms with Gasteiger partial charge in [-0.05, 0) is 142 Å². The molecule has 21 nitrogen and oxygen atoms in total.